The van der Waals surface area contributed by atoms with Crippen LogP contribution in [0.2, 0.25) is 0 Å². The molecular formula is C29H31NO5. The smallest absolute Gasteiger partial charge is 0.303 e. The SMILES string of the molecule is CCCc1c(OCCCOc2ccc(CCCC(=O)O)cc2)ccc2c(-c3ccccc3)noc12. The molecule has 0 fully saturated rings. The topological polar surface area (TPSA) is 81.8 Å². The van der Waals surface area contributed by atoms with Crippen LogP contribution in [0.3, 0.4) is 0 Å². The number of ether oxygens (including phenoxy) is 2. The van der Waals surface area contributed by atoms with Gasteiger partial charge in [-0.15, -0.1) is 0 Å². The molecule has 6 nitrogen and oxygen atoms in total. The molecule has 0 aliphatic rings. The molecule has 0 aliphatic heterocycles. The third-order valence-electron chi connectivity index (χ3n) is 5.84. The lowest BCUT2D eigenvalue weighted by Crippen LogP contribution is -2.06. The molecule has 0 unspecified atom stereocenters. The summed E-state index contributed by atoms with van der Waals surface area (Å²) in [6, 6.07) is 21.9. The Morgan fingerprint density at radius 3 is 2.43 bits per heavy atom. The van der Waals surface area contributed by atoms with E-state index >= 15 is 0 Å². The molecule has 35 heavy (non-hydrogen) atoms. The minimum atomic E-state index is -0.758. The van der Waals surface area contributed by atoms with Crippen molar-refractivity contribution < 1.29 is 23.9 Å². The average molecular weight is 474 g/mol. The first kappa shape index (κ1) is 24.3. The van der Waals surface area contributed by atoms with Crippen LogP contribution in [0.15, 0.2) is 71.3 Å². The number of hydrogen-bond acceptors (Lipinski definition) is 5. The molecule has 0 atom stereocenters. The fraction of sp³-hybridized carbons (Fsp3) is 0.310. The number of carboxylic acid groups (broad SMARTS) is 1. The highest BCUT2D eigenvalue weighted by molar-refractivity contribution is 5.94. The molecule has 3 aromatic carbocycles. The van der Waals surface area contributed by atoms with Gasteiger partial charge in [-0.2, -0.15) is 0 Å². The van der Waals surface area contributed by atoms with E-state index in [-0.39, 0.29) is 6.42 Å². The Labute approximate surface area is 205 Å². The summed E-state index contributed by atoms with van der Waals surface area (Å²) in [5, 5.41) is 14.1. The van der Waals surface area contributed by atoms with Crippen LogP contribution in [0.25, 0.3) is 22.2 Å². The van der Waals surface area contributed by atoms with Gasteiger partial charge >= 0.3 is 5.97 Å². The van der Waals surface area contributed by atoms with Crippen LogP contribution in [-0.4, -0.2) is 29.4 Å². The quantitative estimate of drug-likeness (QED) is 0.218. The van der Waals surface area contributed by atoms with E-state index in [1.807, 2.05) is 66.7 Å². The molecule has 0 aliphatic carbocycles. The Kier molecular flexibility index (Phi) is 8.39. The largest absolute Gasteiger partial charge is 0.493 e. The van der Waals surface area contributed by atoms with E-state index in [1.165, 1.54) is 0 Å². The second kappa shape index (κ2) is 12.1. The minimum absolute atomic E-state index is 0.190. The number of carboxylic acids is 1. The van der Waals surface area contributed by atoms with Gasteiger partial charge in [0.15, 0.2) is 5.58 Å². The third kappa shape index (κ3) is 6.41. The lowest BCUT2D eigenvalue weighted by atomic mass is 10.0. The Morgan fingerprint density at radius 2 is 1.69 bits per heavy atom. The van der Waals surface area contributed by atoms with E-state index < -0.39 is 5.97 Å². The van der Waals surface area contributed by atoms with Gasteiger partial charge in [0.1, 0.15) is 17.2 Å². The molecule has 0 amide bonds. The molecule has 0 radical (unpaired) electrons. The fourth-order valence-corrected chi connectivity index (χ4v) is 4.09. The highest BCUT2D eigenvalue weighted by Gasteiger charge is 2.17. The second-order valence-corrected chi connectivity index (χ2v) is 8.51. The molecule has 1 heterocycles. The first-order chi connectivity index (χ1) is 17.2. The van der Waals surface area contributed by atoms with Crippen LogP contribution in [0.1, 0.15) is 43.7 Å². The van der Waals surface area contributed by atoms with E-state index in [2.05, 4.69) is 12.1 Å². The molecule has 6 heteroatoms. The zero-order valence-corrected chi connectivity index (χ0v) is 20.0. The molecule has 0 spiro atoms. The van der Waals surface area contributed by atoms with Crippen LogP contribution in [0.4, 0.5) is 0 Å². The number of aryl methyl sites for hydroxylation is 2. The van der Waals surface area contributed by atoms with Crippen LogP contribution < -0.4 is 9.47 Å². The predicted molar refractivity (Wildman–Crippen MR) is 136 cm³/mol. The molecule has 1 N–H and O–H groups in total. The summed E-state index contributed by atoms with van der Waals surface area (Å²) in [4.78, 5) is 10.6. The monoisotopic (exact) mass is 473 g/mol. The van der Waals surface area contributed by atoms with Gasteiger partial charge in [0, 0.05) is 24.0 Å². The van der Waals surface area contributed by atoms with Gasteiger partial charge in [0.2, 0.25) is 0 Å². The Bertz CT molecular complexity index is 1230. The fourth-order valence-electron chi connectivity index (χ4n) is 4.09. The van der Waals surface area contributed by atoms with E-state index in [0.717, 1.165) is 70.5 Å². The summed E-state index contributed by atoms with van der Waals surface area (Å²) < 4.78 is 17.7. The van der Waals surface area contributed by atoms with Gasteiger partial charge in [-0.1, -0.05) is 61.0 Å². The first-order valence-corrected chi connectivity index (χ1v) is 12.2. The summed E-state index contributed by atoms with van der Waals surface area (Å²) in [7, 11) is 0. The van der Waals surface area contributed by atoms with Gasteiger partial charge in [0.05, 0.1) is 18.6 Å². The van der Waals surface area contributed by atoms with E-state index in [1.54, 1.807) is 0 Å². The number of aromatic nitrogens is 1. The van der Waals surface area contributed by atoms with Crippen molar-refractivity contribution in [1.82, 2.24) is 5.16 Å². The first-order valence-electron chi connectivity index (χ1n) is 12.2. The summed E-state index contributed by atoms with van der Waals surface area (Å²) >= 11 is 0. The van der Waals surface area contributed by atoms with Crippen LogP contribution in [-0.2, 0) is 17.6 Å². The van der Waals surface area contributed by atoms with Gasteiger partial charge in [0.25, 0.3) is 0 Å². The predicted octanol–water partition coefficient (Wildman–Crippen LogP) is 6.70. The molecule has 0 saturated heterocycles. The lowest BCUT2D eigenvalue weighted by Gasteiger charge is -2.12. The number of carbonyl (C=O) groups is 1. The van der Waals surface area contributed by atoms with Crippen molar-refractivity contribution in [1.29, 1.82) is 0 Å². The number of rotatable bonds is 13. The zero-order valence-electron chi connectivity index (χ0n) is 20.0. The van der Waals surface area contributed by atoms with Crippen LogP contribution >= 0.6 is 0 Å². The number of nitrogens with zero attached hydrogens (tertiary/aromatic N) is 1. The number of hydrogen-bond donors (Lipinski definition) is 1. The summed E-state index contributed by atoms with van der Waals surface area (Å²) in [5.41, 5.74) is 4.85. The molecule has 0 saturated carbocycles. The standard InChI is InChI=1S/C29H31NO5/c1-2-8-24-26(18-17-25-28(30-35-29(24)25)22-10-4-3-5-11-22)34-20-7-19-33-23-15-13-21(14-16-23)9-6-12-27(31)32/h3-5,10-11,13-18H,2,6-9,12,19-20H2,1H3,(H,31,32). The molecule has 4 aromatic rings. The number of benzene rings is 3. The maximum absolute atomic E-state index is 10.6. The molecule has 1 aromatic heterocycles. The Morgan fingerprint density at radius 1 is 0.914 bits per heavy atom. The van der Waals surface area contributed by atoms with E-state index in [9.17, 15) is 4.79 Å². The van der Waals surface area contributed by atoms with Gasteiger partial charge in [-0.3, -0.25) is 4.79 Å². The maximum atomic E-state index is 10.6. The van der Waals surface area contributed by atoms with Crippen molar-refractivity contribution in [2.45, 2.75) is 45.4 Å². The average Bonchev–Trinajstić information content (AvgIpc) is 3.31. The Hall–Kier alpha value is -3.80. The second-order valence-electron chi connectivity index (χ2n) is 8.51. The van der Waals surface area contributed by atoms with Gasteiger partial charge in [-0.05, 0) is 49.1 Å². The Balaban J connectivity index is 1.31. The molecular weight excluding hydrogens is 442 g/mol. The molecule has 4 rings (SSSR count). The van der Waals surface area contributed by atoms with E-state index in [4.69, 9.17) is 19.1 Å². The van der Waals surface area contributed by atoms with Gasteiger partial charge in [-0.25, -0.2) is 0 Å². The molecule has 0 bridgehead atoms. The molecule has 182 valence electrons. The maximum Gasteiger partial charge on any atom is 0.303 e. The van der Waals surface area contributed by atoms with Crippen LogP contribution in [0, 0.1) is 0 Å². The minimum Gasteiger partial charge on any atom is -0.493 e. The summed E-state index contributed by atoms with van der Waals surface area (Å²) in [6.45, 7) is 3.22. The lowest BCUT2D eigenvalue weighted by molar-refractivity contribution is -0.137. The van der Waals surface area contributed by atoms with Gasteiger partial charge < -0.3 is 19.1 Å². The summed E-state index contributed by atoms with van der Waals surface area (Å²) in [6.07, 6.45) is 4.16. The number of aliphatic carboxylic acids is 1. The van der Waals surface area contributed by atoms with Crippen molar-refractivity contribution in [3.8, 4) is 22.8 Å². The highest BCUT2D eigenvalue weighted by atomic mass is 16.5. The van der Waals surface area contributed by atoms with Crippen molar-refractivity contribution in [2.75, 3.05) is 13.2 Å². The van der Waals surface area contributed by atoms with Crippen molar-refractivity contribution in [2.24, 2.45) is 0 Å². The van der Waals surface area contributed by atoms with Crippen molar-refractivity contribution in [3.63, 3.8) is 0 Å². The number of fused-ring (bicyclic) bond motifs is 1. The van der Waals surface area contributed by atoms with Crippen molar-refractivity contribution >= 4 is 16.9 Å². The zero-order chi connectivity index (χ0) is 24.5. The van der Waals surface area contributed by atoms with Crippen LogP contribution in [0.5, 0.6) is 11.5 Å². The normalized spacial score (nSPS) is 11.0. The summed E-state index contributed by atoms with van der Waals surface area (Å²) in [5.74, 6) is 0.877. The highest BCUT2D eigenvalue weighted by Crippen LogP contribution is 2.35. The third-order valence-corrected chi connectivity index (χ3v) is 5.84. The van der Waals surface area contributed by atoms with E-state index in [0.29, 0.717) is 19.6 Å². The van der Waals surface area contributed by atoms with Crippen molar-refractivity contribution in [3.05, 3.63) is 77.9 Å².